The maximum absolute atomic E-state index is 13.0. The van der Waals surface area contributed by atoms with Crippen molar-refractivity contribution >= 4 is 77.0 Å². The second-order valence-electron chi connectivity index (χ2n) is 13.8. The molecule has 0 bridgehead atoms. The van der Waals surface area contributed by atoms with E-state index in [1.165, 1.54) is 51.4 Å². The smallest absolute Gasteiger partial charge is 0.162 e. The Bertz CT molecular complexity index is 2100. The molecule has 0 aliphatic rings. The number of ketones is 2. The van der Waals surface area contributed by atoms with Crippen molar-refractivity contribution in [3.8, 4) is 0 Å². The van der Waals surface area contributed by atoms with E-state index in [0.29, 0.717) is 12.8 Å². The molecule has 0 N–H and O–H groups in total. The Kier molecular flexibility index (Phi) is 9.61. The van der Waals surface area contributed by atoms with Crippen LogP contribution in [0.15, 0.2) is 81.6 Å². The molecule has 0 spiro atoms. The SMILES string of the molecule is CCCCCCCCC(=O)c1ccc2cc3oc4cc5c(cc4c3cc2c1)oc1cc2ccc(C(=O)CCCCCCCC)cc2cc15. The van der Waals surface area contributed by atoms with Gasteiger partial charge < -0.3 is 8.83 Å². The van der Waals surface area contributed by atoms with Gasteiger partial charge in [-0.3, -0.25) is 9.59 Å². The number of carbonyl (C=O) groups is 2. The largest absolute Gasteiger partial charge is 0.456 e. The molecule has 7 rings (SSSR count). The summed E-state index contributed by atoms with van der Waals surface area (Å²) >= 11 is 0. The second kappa shape index (κ2) is 14.4. The minimum atomic E-state index is 0.218. The summed E-state index contributed by atoms with van der Waals surface area (Å²) in [5.41, 5.74) is 4.80. The van der Waals surface area contributed by atoms with Crippen LogP contribution in [-0.4, -0.2) is 11.6 Å². The van der Waals surface area contributed by atoms with Gasteiger partial charge in [0, 0.05) is 45.5 Å². The molecule has 0 saturated carbocycles. The molecule has 0 fully saturated rings. The highest BCUT2D eigenvalue weighted by molar-refractivity contribution is 6.18. The first-order chi connectivity index (χ1) is 23.5. The van der Waals surface area contributed by atoms with Crippen molar-refractivity contribution in [2.75, 3.05) is 0 Å². The molecule has 5 aromatic carbocycles. The van der Waals surface area contributed by atoms with Crippen LogP contribution in [0.1, 0.15) is 124 Å². The molecule has 0 aliphatic carbocycles. The van der Waals surface area contributed by atoms with Crippen molar-refractivity contribution in [2.24, 2.45) is 0 Å². The maximum Gasteiger partial charge on any atom is 0.162 e. The molecule has 0 amide bonds. The Hall–Kier alpha value is -4.44. The summed E-state index contributed by atoms with van der Waals surface area (Å²) < 4.78 is 12.8. The zero-order valence-corrected chi connectivity index (χ0v) is 28.5. The first kappa shape index (κ1) is 32.1. The molecule has 2 heterocycles. The molecule has 0 unspecified atom stereocenters. The van der Waals surface area contributed by atoms with Crippen molar-refractivity contribution in [2.45, 2.75) is 104 Å². The highest BCUT2D eigenvalue weighted by Crippen LogP contribution is 2.39. The van der Waals surface area contributed by atoms with Gasteiger partial charge in [0.05, 0.1) is 0 Å². The molecular formula is C44H46O4. The first-order valence-corrected chi connectivity index (χ1v) is 18.3. The number of unbranched alkanes of at least 4 members (excludes halogenated alkanes) is 10. The number of furan rings is 2. The van der Waals surface area contributed by atoms with Crippen molar-refractivity contribution in [1.29, 1.82) is 0 Å². The van der Waals surface area contributed by atoms with Gasteiger partial charge in [0.2, 0.25) is 0 Å². The number of fused-ring (bicyclic) bond motifs is 8. The minimum absolute atomic E-state index is 0.218. The van der Waals surface area contributed by atoms with Crippen LogP contribution in [0.5, 0.6) is 0 Å². The zero-order valence-electron chi connectivity index (χ0n) is 28.5. The van der Waals surface area contributed by atoms with Gasteiger partial charge in [-0.2, -0.15) is 0 Å². The van der Waals surface area contributed by atoms with Gasteiger partial charge in [-0.1, -0.05) is 102 Å². The fourth-order valence-electron chi connectivity index (χ4n) is 7.30. The third kappa shape index (κ3) is 6.63. The van der Waals surface area contributed by atoms with E-state index in [0.717, 1.165) is 102 Å². The minimum Gasteiger partial charge on any atom is -0.456 e. The number of Topliss-reactive ketones (excluding diaryl/α,β-unsaturated/α-hetero) is 2. The Balaban J connectivity index is 1.16. The predicted octanol–water partition coefficient (Wildman–Crippen LogP) is 13.7. The summed E-state index contributed by atoms with van der Waals surface area (Å²) in [5.74, 6) is 0.436. The van der Waals surface area contributed by atoms with Gasteiger partial charge in [-0.05, 0) is 82.9 Å². The molecule has 0 saturated heterocycles. The summed E-state index contributed by atoms with van der Waals surface area (Å²) in [6.45, 7) is 4.45. The lowest BCUT2D eigenvalue weighted by molar-refractivity contribution is 0.0971. The monoisotopic (exact) mass is 638 g/mol. The summed E-state index contributed by atoms with van der Waals surface area (Å²) in [5, 5.41) is 8.20. The van der Waals surface area contributed by atoms with Crippen LogP contribution in [0.3, 0.4) is 0 Å². The first-order valence-electron chi connectivity index (χ1n) is 18.3. The van der Waals surface area contributed by atoms with Crippen LogP contribution in [0.25, 0.3) is 65.4 Å². The third-order valence-electron chi connectivity index (χ3n) is 10.1. The van der Waals surface area contributed by atoms with Crippen molar-refractivity contribution in [3.63, 3.8) is 0 Å². The number of benzene rings is 5. The summed E-state index contributed by atoms with van der Waals surface area (Å²) in [6, 6.07) is 24.6. The zero-order chi connectivity index (χ0) is 33.0. The van der Waals surface area contributed by atoms with E-state index in [4.69, 9.17) is 8.83 Å². The molecule has 0 radical (unpaired) electrons. The Morgan fingerprint density at radius 2 is 0.792 bits per heavy atom. The topological polar surface area (TPSA) is 60.4 Å². The van der Waals surface area contributed by atoms with E-state index in [2.05, 4.69) is 50.2 Å². The van der Waals surface area contributed by atoms with Gasteiger partial charge in [0.25, 0.3) is 0 Å². The Morgan fingerprint density at radius 3 is 1.23 bits per heavy atom. The van der Waals surface area contributed by atoms with E-state index < -0.39 is 0 Å². The van der Waals surface area contributed by atoms with Crippen LogP contribution in [0, 0.1) is 0 Å². The van der Waals surface area contributed by atoms with Crippen LogP contribution >= 0.6 is 0 Å². The van der Waals surface area contributed by atoms with Crippen molar-refractivity contribution in [1.82, 2.24) is 0 Å². The predicted molar refractivity (Wildman–Crippen MR) is 201 cm³/mol. The van der Waals surface area contributed by atoms with E-state index in [1.54, 1.807) is 0 Å². The molecule has 246 valence electrons. The van der Waals surface area contributed by atoms with E-state index in [-0.39, 0.29) is 11.6 Å². The highest BCUT2D eigenvalue weighted by Gasteiger charge is 2.16. The average Bonchev–Trinajstić information content (AvgIpc) is 3.63. The van der Waals surface area contributed by atoms with Gasteiger partial charge in [-0.15, -0.1) is 0 Å². The molecule has 0 aliphatic heterocycles. The molecule has 4 heteroatoms. The molecule has 4 nitrogen and oxygen atoms in total. The second-order valence-corrected chi connectivity index (χ2v) is 13.8. The Labute approximate surface area is 282 Å². The van der Waals surface area contributed by atoms with Gasteiger partial charge in [0.1, 0.15) is 22.3 Å². The highest BCUT2D eigenvalue weighted by atomic mass is 16.3. The van der Waals surface area contributed by atoms with Gasteiger partial charge in [0.15, 0.2) is 11.6 Å². The molecular weight excluding hydrogens is 592 g/mol. The van der Waals surface area contributed by atoms with Crippen LogP contribution in [0.4, 0.5) is 0 Å². The standard InChI is InChI=1S/C44H46O4/c1-3-5-7-9-11-13-15-39(45)31-19-17-29-25-41-35(23-33(29)21-31)37-27-44-38(28-43(37)47-41)36-24-34-22-32(20-18-30(34)26-42(36)48-44)40(46)16-14-12-10-8-6-4-2/h17-28H,3-16H2,1-2H3. The fraction of sp³-hybridized carbons (Fsp3) is 0.364. The average molecular weight is 639 g/mol. The van der Waals surface area contributed by atoms with Crippen molar-refractivity contribution in [3.05, 3.63) is 83.9 Å². The van der Waals surface area contributed by atoms with Crippen LogP contribution < -0.4 is 0 Å². The molecule has 7 aromatic rings. The van der Waals surface area contributed by atoms with Gasteiger partial charge in [-0.25, -0.2) is 0 Å². The fourth-order valence-corrected chi connectivity index (χ4v) is 7.30. The lowest BCUT2D eigenvalue weighted by Crippen LogP contribution is -1.98. The van der Waals surface area contributed by atoms with Crippen LogP contribution in [0.2, 0.25) is 0 Å². The maximum atomic E-state index is 13.0. The Morgan fingerprint density at radius 1 is 0.417 bits per heavy atom. The summed E-state index contributed by atoms with van der Waals surface area (Å²) in [7, 11) is 0. The number of hydrogen-bond acceptors (Lipinski definition) is 4. The van der Waals surface area contributed by atoms with Gasteiger partial charge >= 0.3 is 0 Å². The lowest BCUT2D eigenvalue weighted by atomic mass is 9.98. The van der Waals surface area contributed by atoms with E-state index in [1.807, 2.05) is 36.4 Å². The van der Waals surface area contributed by atoms with E-state index >= 15 is 0 Å². The lowest BCUT2D eigenvalue weighted by Gasteiger charge is -2.04. The van der Waals surface area contributed by atoms with E-state index in [9.17, 15) is 9.59 Å². The number of rotatable bonds is 16. The number of carbonyl (C=O) groups excluding carboxylic acids is 2. The van der Waals surface area contributed by atoms with Crippen LogP contribution in [-0.2, 0) is 0 Å². The summed E-state index contributed by atoms with van der Waals surface area (Å²) in [4.78, 5) is 26.0. The van der Waals surface area contributed by atoms with Crippen molar-refractivity contribution < 1.29 is 18.4 Å². The normalized spacial score (nSPS) is 12.0. The quantitative estimate of drug-likeness (QED) is 0.0780. The molecule has 2 aromatic heterocycles. The number of hydrogen-bond donors (Lipinski definition) is 0. The molecule has 48 heavy (non-hydrogen) atoms. The summed E-state index contributed by atoms with van der Waals surface area (Å²) in [6.07, 6.45) is 15.3. The molecule has 0 atom stereocenters. The third-order valence-corrected chi connectivity index (χ3v) is 10.1.